The Labute approximate surface area is 236 Å². The molecule has 1 N–H and O–H groups in total. The van der Waals surface area contributed by atoms with Crippen LogP contribution in [0, 0.1) is 17.3 Å². The van der Waals surface area contributed by atoms with Crippen molar-refractivity contribution in [2.45, 2.75) is 58.5 Å². The Hall–Kier alpha value is -3.99. The van der Waals surface area contributed by atoms with Crippen LogP contribution in [0.5, 0.6) is 0 Å². The van der Waals surface area contributed by atoms with Gasteiger partial charge in [-0.1, -0.05) is 101 Å². The average Bonchev–Trinajstić information content (AvgIpc) is 3.40. The molecule has 5 nitrogen and oxygen atoms in total. The standard InChI is InChI=1S/C35H36N2O3/c1-21(2)20-22-14-16-24(17-15-22)30(38)28-29(32(39)34(3,4)5)37-19-18-23-10-6-7-11-25(23)31(37)35(28)26-12-8-9-13-27(26)36-33(35)40/h6-19,21,28-29,31H,20H2,1-5H3,(H,36,40)/t28-,29+,31+,35-/m0/s1. The van der Waals surface area contributed by atoms with Gasteiger partial charge in [0.1, 0.15) is 5.41 Å². The highest BCUT2D eigenvalue weighted by molar-refractivity contribution is 6.15. The molecular weight excluding hydrogens is 496 g/mol. The predicted octanol–water partition coefficient (Wildman–Crippen LogP) is 6.60. The van der Waals surface area contributed by atoms with Crippen LogP contribution in [-0.2, 0) is 21.4 Å². The Balaban J connectivity index is 1.62. The zero-order valence-electron chi connectivity index (χ0n) is 23.8. The van der Waals surface area contributed by atoms with Crippen LogP contribution in [0.2, 0.25) is 0 Å². The first-order valence-corrected chi connectivity index (χ1v) is 14.2. The number of benzene rings is 3. The molecule has 0 unspecified atom stereocenters. The van der Waals surface area contributed by atoms with Gasteiger partial charge in [0, 0.05) is 22.9 Å². The van der Waals surface area contributed by atoms with E-state index in [4.69, 9.17) is 0 Å². The molecule has 1 saturated heterocycles. The first-order chi connectivity index (χ1) is 19.0. The van der Waals surface area contributed by atoms with Gasteiger partial charge < -0.3 is 10.2 Å². The topological polar surface area (TPSA) is 66.5 Å². The SMILES string of the molecule is CC(C)Cc1ccc(C(=O)[C@@H]2[C@H](C(=O)C(C)(C)C)N3C=Cc4ccccc4[C@@H]3[C@@]23C(=O)Nc2ccccc23)cc1. The number of carbonyl (C=O) groups excluding carboxylic acids is 3. The number of carbonyl (C=O) groups is 3. The molecule has 204 valence electrons. The highest BCUT2D eigenvalue weighted by Gasteiger charge is 2.71. The van der Waals surface area contributed by atoms with Gasteiger partial charge in [-0.25, -0.2) is 0 Å². The summed E-state index contributed by atoms with van der Waals surface area (Å²) in [6.07, 6.45) is 4.84. The van der Waals surface area contributed by atoms with Crippen LogP contribution in [0.3, 0.4) is 0 Å². The zero-order valence-corrected chi connectivity index (χ0v) is 23.8. The zero-order chi connectivity index (χ0) is 28.4. The summed E-state index contributed by atoms with van der Waals surface area (Å²) in [5.41, 5.74) is 3.11. The third-order valence-corrected chi connectivity index (χ3v) is 8.74. The molecule has 3 aromatic rings. The lowest BCUT2D eigenvalue weighted by molar-refractivity contribution is -0.131. The van der Waals surface area contributed by atoms with Gasteiger partial charge in [-0.3, -0.25) is 14.4 Å². The molecule has 3 aliphatic heterocycles. The Morgan fingerprint density at radius 3 is 2.33 bits per heavy atom. The number of ketones is 2. The van der Waals surface area contributed by atoms with E-state index < -0.39 is 28.8 Å². The fourth-order valence-corrected chi connectivity index (χ4v) is 7.07. The van der Waals surface area contributed by atoms with E-state index in [1.807, 2.05) is 111 Å². The van der Waals surface area contributed by atoms with E-state index >= 15 is 0 Å². The number of amides is 1. The molecule has 1 fully saturated rings. The molecule has 0 saturated carbocycles. The Kier molecular flexibility index (Phi) is 6.10. The summed E-state index contributed by atoms with van der Waals surface area (Å²) in [6, 6.07) is 22.0. The maximum absolute atomic E-state index is 14.8. The molecule has 4 atom stereocenters. The normalized spacial score (nSPS) is 24.6. The van der Waals surface area contributed by atoms with Gasteiger partial charge in [-0.15, -0.1) is 0 Å². The molecule has 3 aliphatic rings. The fourth-order valence-electron chi connectivity index (χ4n) is 7.07. The Morgan fingerprint density at radius 1 is 0.950 bits per heavy atom. The van der Waals surface area contributed by atoms with Crippen LogP contribution in [0.15, 0.2) is 79.0 Å². The number of hydrogen-bond donors (Lipinski definition) is 1. The summed E-state index contributed by atoms with van der Waals surface area (Å²) in [7, 11) is 0. The molecule has 3 heterocycles. The van der Waals surface area contributed by atoms with Crippen molar-refractivity contribution >= 4 is 29.2 Å². The lowest BCUT2D eigenvalue weighted by Gasteiger charge is -2.38. The number of hydrogen-bond acceptors (Lipinski definition) is 4. The predicted molar refractivity (Wildman–Crippen MR) is 158 cm³/mol. The van der Waals surface area contributed by atoms with Crippen molar-refractivity contribution < 1.29 is 14.4 Å². The minimum atomic E-state index is -1.28. The molecule has 5 heteroatoms. The van der Waals surface area contributed by atoms with E-state index in [1.165, 1.54) is 0 Å². The van der Waals surface area contributed by atoms with Crippen molar-refractivity contribution in [2.75, 3.05) is 5.32 Å². The lowest BCUT2D eigenvalue weighted by atomic mass is 9.62. The number of para-hydroxylation sites is 1. The van der Waals surface area contributed by atoms with Gasteiger partial charge in [0.05, 0.1) is 18.0 Å². The fraction of sp³-hybridized carbons (Fsp3) is 0.343. The van der Waals surface area contributed by atoms with E-state index in [0.717, 1.165) is 28.7 Å². The van der Waals surface area contributed by atoms with Crippen LogP contribution < -0.4 is 5.32 Å². The van der Waals surface area contributed by atoms with Gasteiger partial charge in [0.15, 0.2) is 11.6 Å². The molecule has 0 bridgehead atoms. The summed E-state index contributed by atoms with van der Waals surface area (Å²) in [4.78, 5) is 45.6. The molecule has 0 aliphatic carbocycles. The van der Waals surface area contributed by atoms with E-state index in [9.17, 15) is 14.4 Å². The first-order valence-electron chi connectivity index (χ1n) is 14.2. The van der Waals surface area contributed by atoms with Gasteiger partial charge in [0.25, 0.3) is 0 Å². The minimum absolute atomic E-state index is 0.0506. The largest absolute Gasteiger partial charge is 0.358 e. The number of rotatable bonds is 5. The second-order valence-corrected chi connectivity index (χ2v) is 12.9. The summed E-state index contributed by atoms with van der Waals surface area (Å²) in [5, 5.41) is 3.11. The number of anilines is 1. The summed E-state index contributed by atoms with van der Waals surface area (Å²) in [5.74, 6) is -0.876. The van der Waals surface area contributed by atoms with Crippen LogP contribution in [0.25, 0.3) is 6.08 Å². The number of Topliss-reactive ketones (excluding diaryl/α,β-unsaturated/α-hetero) is 2. The van der Waals surface area contributed by atoms with E-state index in [-0.39, 0.29) is 17.5 Å². The van der Waals surface area contributed by atoms with Crippen molar-refractivity contribution in [1.29, 1.82) is 0 Å². The molecule has 1 spiro atoms. The van der Waals surface area contributed by atoms with E-state index in [1.54, 1.807) is 0 Å². The second-order valence-electron chi connectivity index (χ2n) is 12.9. The Morgan fingerprint density at radius 2 is 1.62 bits per heavy atom. The summed E-state index contributed by atoms with van der Waals surface area (Å²) in [6.45, 7) is 10.0. The van der Waals surface area contributed by atoms with Crippen LogP contribution in [0.4, 0.5) is 5.69 Å². The molecule has 3 aromatic carbocycles. The molecule has 6 rings (SSSR count). The molecular formula is C35H36N2O3. The average molecular weight is 533 g/mol. The molecule has 0 aromatic heterocycles. The molecule has 1 amide bonds. The van der Waals surface area contributed by atoms with Crippen molar-refractivity contribution in [3.8, 4) is 0 Å². The van der Waals surface area contributed by atoms with Crippen LogP contribution >= 0.6 is 0 Å². The third-order valence-electron chi connectivity index (χ3n) is 8.74. The van der Waals surface area contributed by atoms with Gasteiger partial charge >= 0.3 is 0 Å². The monoisotopic (exact) mass is 532 g/mol. The second kappa shape index (κ2) is 9.29. The molecule has 0 radical (unpaired) electrons. The summed E-state index contributed by atoms with van der Waals surface area (Å²) < 4.78 is 0. The molecule has 40 heavy (non-hydrogen) atoms. The van der Waals surface area contributed by atoms with E-state index in [2.05, 4.69) is 19.2 Å². The number of fused-ring (bicyclic) bond motifs is 6. The summed E-state index contributed by atoms with van der Waals surface area (Å²) >= 11 is 0. The Bertz CT molecular complexity index is 1550. The number of nitrogens with zero attached hydrogens (tertiary/aromatic N) is 1. The van der Waals surface area contributed by atoms with Crippen molar-refractivity contribution in [3.05, 3.63) is 107 Å². The maximum Gasteiger partial charge on any atom is 0.238 e. The van der Waals surface area contributed by atoms with Crippen LogP contribution in [0.1, 0.15) is 73.3 Å². The lowest BCUT2D eigenvalue weighted by Crippen LogP contribution is -2.50. The maximum atomic E-state index is 14.8. The van der Waals surface area contributed by atoms with E-state index in [0.29, 0.717) is 17.2 Å². The third kappa shape index (κ3) is 3.78. The van der Waals surface area contributed by atoms with Crippen LogP contribution in [-0.4, -0.2) is 28.4 Å². The van der Waals surface area contributed by atoms with Gasteiger partial charge in [0.2, 0.25) is 5.91 Å². The highest BCUT2D eigenvalue weighted by atomic mass is 16.2. The quantitative estimate of drug-likeness (QED) is 0.376. The van der Waals surface area contributed by atoms with Crippen molar-refractivity contribution in [1.82, 2.24) is 4.90 Å². The van der Waals surface area contributed by atoms with Gasteiger partial charge in [-0.2, -0.15) is 0 Å². The highest BCUT2D eigenvalue weighted by Crippen LogP contribution is 2.62. The smallest absolute Gasteiger partial charge is 0.238 e. The van der Waals surface area contributed by atoms with Gasteiger partial charge in [-0.05, 0) is 46.7 Å². The first kappa shape index (κ1) is 26.2. The van der Waals surface area contributed by atoms with Crippen molar-refractivity contribution in [3.63, 3.8) is 0 Å². The number of nitrogens with one attached hydrogen (secondary N) is 1. The van der Waals surface area contributed by atoms with Crippen molar-refractivity contribution in [2.24, 2.45) is 17.3 Å². The minimum Gasteiger partial charge on any atom is -0.358 e.